The van der Waals surface area contributed by atoms with Crippen molar-refractivity contribution in [3.8, 4) is 0 Å². The lowest BCUT2D eigenvalue weighted by Crippen LogP contribution is -2.40. The van der Waals surface area contributed by atoms with Gasteiger partial charge >= 0.3 is 0 Å². The predicted octanol–water partition coefficient (Wildman–Crippen LogP) is 2.02. The summed E-state index contributed by atoms with van der Waals surface area (Å²) in [5, 5.41) is 1.21. The highest BCUT2D eigenvalue weighted by molar-refractivity contribution is 8.00. The summed E-state index contributed by atoms with van der Waals surface area (Å²) in [6.45, 7) is 0. The molecule has 3 nitrogen and oxygen atoms in total. The number of hydrogen-bond acceptors (Lipinski definition) is 4. The van der Waals surface area contributed by atoms with Crippen molar-refractivity contribution < 1.29 is 14.4 Å². The van der Waals surface area contributed by atoms with Crippen LogP contribution in [-0.4, -0.2) is 27.8 Å². The number of fused-ring (bicyclic) bond motifs is 5. The summed E-state index contributed by atoms with van der Waals surface area (Å²) in [7, 11) is 0. The molecule has 4 aliphatic rings. The maximum absolute atomic E-state index is 12.2. The number of ketones is 3. The van der Waals surface area contributed by atoms with Crippen LogP contribution in [0.3, 0.4) is 0 Å². The molecular weight excluding hydrogens is 260 g/mol. The molecule has 3 saturated carbocycles. The normalized spacial score (nSPS) is 48.9. The van der Waals surface area contributed by atoms with Crippen molar-refractivity contribution in [3.63, 3.8) is 0 Å². The van der Waals surface area contributed by atoms with Gasteiger partial charge in [0.05, 0.1) is 0 Å². The van der Waals surface area contributed by atoms with Crippen molar-refractivity contribution in [2.45, 2.75) is 49.0 Å². The monoisotopic (exact) mass is 278 g/mol. The van der Waals surface area contributed by atoms with Crippen LogP contribution in [0.25, 0.3) is 0 Å². The minimum atomic E-state index is -0.695. The third kappa shape index (κ3) is 1.55. The number of carbonyl (C=O) groups is 3. The molecular formula is C15H18O3S. The topological polar surface area (TPSA) is 51.2 Å². The van der Waals surface area contributed by atoms with Gasteiger partial charge in [-0.15, -0.1) is 0 Å². The smallest absolute Gasteiger partial charge is 0.264 e. The Kier molecular flexibility index (Phi) is 2.66. The Balaban J connectivity index is 1.71. The summed E-state index contributed by atoms with van der Waals surface area (Å²) in [6, 6.07) is 0. The molecule has 6 unspecified atom stereocenters. The first-order valence-electron chi connectivity index (χ1n) is 7.46. The Morgan fingerprint density at radius 3 is 2.47 bits per heavy atom. The Morgan fingerprint density at radius 1 is 0.842 bits per heavy atom. The number of carbonyl (C=O) groups excluding carboxylic acids is 3. The third-order valence-corrected chi connectivity index (χ3v) is 7.56. The zero-order valence-corrected chi connectivity index (χ0v) is 11.7. The van der Waals surface area contributed by atoms with E-state index in [1.54, 1.807) is 0 Å². The summed E-state index contributed by atoms with van der Waals surface area (Å²) in [5.41, 5.74) is 0. The second-order valence-electron chi connectivity index (χ2n) is 6.51. The van der Waals surface area contributed by atoms with Gasteiger partial charge in [-0.2, -0.15) is 11.8 Å². The first kappa shape index (κ1) is 12.1. The molecule has 3 aliphatic carbocycles. The third-order valence-electron chi connectivity index (χ3n) is 5.72. The zero-order valence-electron chi connectivity index (χ0n) is 10.8. The first-order chi connectivity index (χ1) is 9.18. The van der Waals surface area contributed by atoms with Gasteiger partial charge < -0.3 is 0 Å². The molecule has 4 heteroatoms. The van der Waals surface area contributed by atoms with E-state index in [0.29, 0.717) is 22.3 Å². The molecule has 1 heterocycles. The number of thioether (sulfide) groups is 1. The van der Waals surface area contributed by atoms with Gasteiger partial charge in [-0.05, 0) is 37.5 Å². The van der Waals surface area contributed by atoms with Crippen LogP contribution in [0.1, 0.15) is 38.5 Å². The first-order valence-corrected chi connectivity index (χ1v) is 8.40. The van der Waals surface area contributed by atoms with Crippen LogP contribution in [0, 0.1) is 23.7 Å². The molecule has 4 rings (SSSR count). The second kappa shape index (κ2) is 4.18. The van der Waals surface area contributed by atoms with Crippen molar-refractivity contribution in [1.82, 2.24) is 0 Å². The van der Waals surface area contributed by atoms with Gasteiger partial charge in [0, 0.05) is 22.3 Å². The van der Waals surface area contributed by atoms with Gasteiger partial charge in [0.25, 0.3) is 5.78 Å². The van der Waals surface area contributed by atoms with Crippen LogP contribution >= 0.6 is 11.8 Å². The molecule has 0 bridgehead atoms. The number of rotatable bonds is 0. The molecule has 102 valence electrons. The van der Waals surface area contributed by atoms with Crippen LogP contribution in [0.2, 0.25) is 0 Å². The van der Waals surface area contributed by atoms with E-state index in [1.165, 1.54) is 25.7 Å². The molecule has 19 heavy (non-hydrogen) atoms. The van der Waals surface area contributed by atoms with Crippen molar-refractivity contribution in [1.29, 1.82) is 0 Å². The summed E-state index contributed by atoms with van der Waals surface area (Å²) >= 11 is 2.06. The molecule has 0 amide bonds. The van der Waals surface area contributed by atoms with E-state index >= 15 is 0 Å². The standard InChI is InChI=1S/C15H18O3S/c16-13-8-5-6-10-11(12(8)14(17)15(13)18)7-3-1-2-4-9(7)19-10/h7-12H,1-6H2. The average molecular weight is 278 g/mol. The predicted molar refractivity (Wildman–Crippen MR) is 71.9 cm³/mol. The van der Waals surface area contributed by atoms with Gasteiger partial charge in [0.2, 0.25) is 11.6 Å². The summed E-state index contributed by atoms with van der Waals surface area (Å²) in [4.78, 5) is 35.8. The molecule has 6 atom stereocenters. The van der Waals surface area contributed by atoms with Crippen molar-refractivity contribution in [2.75, 3.05) is 0 Å². The van der Waals surface area contributed by atoms with E-state index in [-0.39, 0.29) is 23.4 Å². The quantitative estimate of drug-likeness (QED) is 0.636. The van der Waals surface area contributed by atoms with Gasteiger partial charge in [0.15, 0.2) is 0 Å². The molecule has 0 aromatic heterocycles. The summed E-state index contributed by atoms with van der Waals surface area (Å²) < 4.78 is 0. The van der Waals surface area contributed by atoms with Crippen LogP contribution in [0.4, 0.5) is 0 Å². The molecule has 4 fully saturated rings. The molecule has 0 N–H and O–H groups in total. The summed E-state index contributed by atoms with van der Waals surface area (Å²) in [5.74, 6) is -1.04. The van der Waals surface area contributed by atoms with E-state index in [4.69, 9.17) is 0 Å². The fourth-order valence-corrected chi connectivity index (χ4v) is 7.06. The molecule has 0 radical (unpaired) electrons. The van der Waals surface area contributed by atoms with Crippen LogP contribution < -0.4 is 0 Å². The molecule has 0 spiro atoms. The largest absolute Gasteiger partial charge is 0.290 e. The molecule has 0 aromatic rings. The van der Waals surface area contributed by atoms with E-state index in [9.17, 15) is 14.4 Å². The number of Topliss-reactive ketones (excluding diaryl/α,β-unsaturated/α-hetero) is 3. The molecule has 1 aliphatic heterocycles. The highest BCUT2D eigenvalue weighted by Crippen LogP contribution is 2.58. The average Bonchev–Trinajstić information content (AvgIpc) is 2.91. The number of hydrogen-bond donors (Lipinski definition) is 0. The van der Waals surface area contributed by atoms with Crippen LogP contribution in [0.5, 0.6) is 0 Å². The van der Waals surface area contributed by atoms with Crippen LogP contribution in [-0.2, 0) is 14.4 Å². The lowest BCUT2D eigenvalue weighted by Gasteiger charge is -2.37. The fraction of sp³-hybridized carbons (Fsp3) is 0.800. The minimum absolute atomic E-state index is 0.251. The van der Waals surface area contributed by atoms with E-state index < -0.39 is 5.78 Å². The Hall–Kier alpha value is -0.640. The van der Waals surface area contributed by atoms with Gasteiger partial charge in [-0.1, -0.05) is 12.8 Å². The lowest BCUT2D eigenvalue weighted by atomic mass is 9.65. The van der Waals surface area contributed by atoms with Crippen LogP contribution in [0.15, 0.2) is 0 Å². The van der Waals surface area contributed by atoms with E-state index in [2.05, 4.69) is 11.8 Å². The maximum atomic E-state index is 12.2. The highest BCUT2D eigenvalue weighted by atomic mass is 32.2. The van der Waals surface area contributed by atoms with Gasteiger partial charge in [0.1, 0.15) is 0 Å². The molecule has 0 aromatic carbocycles. The van der Waals surface area contributed by atoms with E-state index in [1.807, 2.05) is 0 Å². The molecule has 1 saturated heterocycles. The maximum Gasteiger partial charge on any atom is 0.264 e. The minimum Gasteiger partial charge on any atom is -0.290 e. The summed E-state index contributed by atoms with van der Waals surface area (Å²) in [6.07, 6.45) is 6.78. The van der Waals surface area contributed by atoms with Gasteiger partial charge in [-0.3, -0.25) is 14.4 Å². The highest BCUT2D eigenvalue weighted by Gasteiger charge is 2.60. The van der Waals surface area contributed by atoms with Gasteiger partial charge in [-0.25, -0.2) is 0 Å². The Morgan fingerprint density at radius 2 is 1.63 bits per heavy atom. The second-order valence-corrected chi connectivity index (χ2v) is 7.99. The Bertz CT molecular complexity index is 472. The fourth-order valence-electron chi connectivity index (χ4n) is 4.97. The Labute approximate surface area is 116 Å². The SMILES string of the molecule is O=C1C(=O)C2CCC3SC4CCCCC4C3C2C1=O. The van der Waals surface area contributed by atoms with Crippen molar-refractivity contribution in [2.24, 2.45) is 23.7 Å². The lowest BCUT2D eigenvalue weighted by molar-refractivity contribution is -0.141. The van der Waals surface area contributed by atoms with E-state index in [0.717, 1.165) is 12.8 Å². The van der Waals surface area contributed by atoms with Crippen molar-refractivity contribution in [3.05, 3.63) is 0 Å². The zero-order chi connectivity index (χ0) is 13.1. The van der Waals surface area contributed by atoms with Crippen molar-refractivity contribution >= 4 is 29.1 Å².